The standard InChI is InChI=1S/C20H16ClN7O/c21-13-11-24-28-12(10-23-18(28)16(13)22)4-3-7-20(8-9-20)27-19(29)17-25-14-5-1-2-6-15(14)26-17/h1-2,5-6,10-11H,7-9,22H2,(H,25,26)(H,27,29). The molecule has 9 heteroatoms. The molecule has 1 aliphatic rings. The molecule has 8 nitrogen and oxygen atoms in total. The maximum Gasteiger partial charge on any atom is 0.287 e. The van der Waals surface area contributed by atoms with Crippen molar-refractivity contribution < 1.29 is 4.79 Å². The number of carbonyl (C=O) groups excluding carboxylic acids is 1. The number of carbonyl (C=O) groups is 1. The first kappa shape index (κ1) is 17.5. The van der Waals surface area contributed by atoms with Gasteiger partial charge in [0.2, 0.25) is 0 Å². The van der Waals surface area contributed by atoms with Gasteiger partial charge in [-0.1, -0.05) is 29.7 Å². The van der Waals surface area contributed by atoms with Crippen LogP contribution in [-0.4, -0.2) is 36.0 Å². The van der Waals surface area contributed by atoms with Crippen molar-refractivity contribution in [3.05, 3.63) is 53.2 Å². The average Bonchev–Trinajstić information content (AvgIpc) is 3.15. The van der Waals surface area contributed by atoms with Gasteiger partial charge in [0.1, 0.15) is 5.69 Å². The predicted molar refractivity (Wildman–Crippen MR) is 109 cm³/mol. The van der Waals surface area contributed by atoms with Gasteiger partial charge in [-0.2, -0.15) is 5.10 Å². The van der Waals surface area contributed by atoms with Crippen LogP contribution in [0.3, 0.4) is 0 Å². The van der Waals surface area contributed by atoms with E-state index in [-0.39, 0.29) is 11.4 Å². The number of rotatable bonds is 3. The molecule has 1 fully saturated rings. The van der Waals surface area contributed by atoms with Gasteiger partial charge in [-0.25, -0.2) is 14.5 Å². The molecule has 1 amide bonds. The number of benzene rings is 1. The van der Waals surface area contributed by atoms with Gasteiger partial charge in [0.05, 0.1) is 39.7 Å². The predicted octanol–water partition coefficient (Wildman–Crippen LogP) is 2.55. The number of para-hydroxylation sites is 2. The van der Waals surface area contributed by atoms with Crippen LogP contribution in [0, 0.1) is 11.8 Å². The monoisotopic (exact) mass is 405 g/mol. The van der Waals surface area contributed by atoms with Gasteiger partial charge in [-0.3, -0.25) is 4.79 Å². The van der Waals surface area contributed by atoms with E-state index in [0.717, 1.165) is 23.9 Å². The molecule has 0 spiro atoms. The average molecular weight is 406 g/mol. The Morgan fingerprint density at radius 3 is 2.97 bits per heavy atom. The number of nitrogens with zero attached hydrogens (tertiary/aromatic N) is 4. The zero-order valence-electron chi connectivity index (χ0n) is 15.2. The molecule has 4 N–H and O–H groups in total. The summed E-state index contributed by atoms with van der Waals surface area (Å²) in [6.45, 7) is 0. The minimum absolute atomic E-state index is 0.223. The van der Waals surface area contributed by atoms with Gasteiger partial charge in [0.25, 0.3) is 5.91 Å². The summed E-state index contributed by atoms with van der Waals surface area (Å²) in [7, 11) is 0. The third-order valence-electron chi connectivity index (χ3n) is 5.00. The van der Waals surface area contributed by atoms with Crippen molar-refractivity contribution in [2.45, 2.75) is 24.8 Å². The summed E-state index contributed by atoms with van der Waals surface area (Å²) in [5.74, 6) is 6.28. The Kier molecular flexibility index (Phi) is 3.93. The van der Waals surface area contributed by atoms with Gasteiger partial charge in [-0.05, 0) is 30.9 Å². The molecule has 0 aliphatic heterocycles. The summed E-state index contributed by atoms with van der Waals surface area (Å²) in [6.07, 6.45) is 5.35. The summed E-state index contributed by atoms with van der Waals surface area (Å²) in [4.78, 5) is 24.2. The molecule has 1 aliphatic carbocycles. The van der Waals surface area contributed by atoms with Crippen molar-refractivity contribution in [1.82, 2.24) is 29.9 Å². The van der Waals surface area contributed by atoms with E-state index in [1.165, 1.54) is 6.20 Å². The molecular weight excluding hydrogens is 390 g/mol. The van der Waals surface area contributed by atoms with Gasteiger partial charge in [-0.15, -0.1) is 0 Å². The Balaban J connectivity index is 1.31. The maximum atomic E-state index is 12.6. The Hall–Kier alpha value is -3.57. The molecule has 0 saturated heterocycles. The van der Waals surface area contributed by atoms with Crippen LogP contribution in [0.2, 0.25) is 5.02 Å². The molecule has 4 aromatic rings. The van der Waals surface area contributed by atoms with E-state index >= 15 is 0 Å². The van der Waals surface area contributed by atoms with Gasteiger partial charge < -0.3 is 16.0 Å². The van der Waals surface area contributed by atoms with Crippen LogP contribution in [0.15, 0.2) is 36.7 Å². The number of imidazole rings is 2. The number of hydrogen-bond donors (Lipinski definition) is 3. The van der Waals surface area contributed by atoms with Crippen LogP contribution >= 0.6 is 11.6 Å². The Bertz CT molecular complexity index is 1290. The van der Waals surface area contributed by atoms with Gasteiger partial charge in [0, 0.05) is 6.42 Å². The van der Waals surface area contributed by atoms with E-state index in [9.17, 15) is 4.79 Å². The minimum Gasteiger partial charge on any atom is -0.394 e. The smallest absolute Gasteiger partial charge is 0.287 e. The molecule has 144 valence electrons. The molecule has 0 atom stereocenters. The number of nitrogens with two attached hydrogens (primary N) is 1. The summed E-state index contributed by atoms with van der Waals surface area (Å²) >= 11 is 5.97. The van der Waals surface area contributed by atoms with Crippen molar-refractivity contribution in [3.63, 3.8) is 0 Å². The Labute approximate surface area is 170 Å². The van der Waals surface area contributed by atoms with E-state index < -0.39 is 0 Å². The van der Waals surface area contributed by atoms with Crippen molar-refractivity contribution in [3.8, 4) is 11.8 Å². The van der Waals surface area contributed by atoms with Crippen molar-refractivity contribution in [2.24, 2.45) is 0 Å². The fraction of sp³-hybridized carbons (Fsp3) is 0.200. The molecule has 5 rings (SSSR count). The number of nitrogen functional groups attached to an aromatic ring is 1. The molecule has 1 saturated carbocycles. The highest BCUT2D eigenvalue weighted by atomic mass is 35.5. The van der Waals surface area contributed by atoms with E-state index in [1.807, 2.05) is 24.3 Å². The van der Waals surface area contributed by atoms with Crippen LogP contribution in [0.4, 0.5) is 5.69 Å². The fourth-order valence-corrected chi connectivity index (χ4v) is 3.31. The van der Waals surface area contributed by atoms with E-state index in [2.05, 4.69) is 37.2 Å². The van der Waals surface area contributed by atoms with Crippen LogP contribution in [0.25, 0.3) is 16.7 Å². The lowest BCUT2D eigenvalue weighted by atomic mass is 10.2. The second kappa shape index (κ2) is 6.50. The van der Waals surface area contributed by atoms with Crippen LogP contribution in [0.5, 0.6) is 0 Å². The highest BCUT2D eigenvalue weighted by molar-refractivity contribution is 6.33. The maximum absolute atomic E-state index is 12.6. The zero-order chi connectivity index (χ0) is 20.0. The number of halogens is 1. The summed E-state index contributed by atoms with van der Waals surface area (Å²) < 4.78 is 1.56. The number of amides is 1. The first-order valence-corrected chi connectivity index (χ1v) is 9.46. The summed E-state index contributed by atoms with van der Waals surface area (Å²) in [5.41, 5.74) is 8.65. The second-order valence-electron chi connectivity index (χ2n) is 7.10. The molecule has 0 bridgehead atoms. The number of anilines is 1. The minimum atomic E-state index is -0.320. The molecule has 0 unspecified atom stereocenters. The topological polar surface area (TPSA) is 114 Å². The number of nitrogens with one attached hydrogen (secondary N) is 2. The number of aromatic nitrogens is 5. The number of hydrogen-bond acceptors (Lipinski definition) is 5. The largest absolute Gasteiger partial charge is 0.394 e. The van der Waals surface area contributed by atoms with Crippen LogP contribution in [0.1, 0.15) is 35.6 Å². The summed E-state index contributed by atoms with van der Waals surface area (Å²) in [5, 5.41) is 7.62. The normalized spacial score (nSPS) is 14.5. The van der Waals surface area contributed by atoms with Crippen LogP contribution < -0.4 is 11.1 Å². The number of aromatic amines is 1. The SMILES string of the molecule is Nc1c(Cl)cnn2c(C#CCC3(NC(=O)c4nc5ccccc5[nH]4)CC3)cnc12. The van der Waals surface area contributed by atoms with Gasteiger partial charge in [0.15, 0.2) is 11.5 Å². The summed E-state index contributed by atoms with van der Waals surface area (Å²) in [6, 6.07) is 7.54. The van der Waals surface area contributed by atoms with Crippen molar-refractivity contribution in [2.75, 3.05) is 5.73 Å². The zero-order valence-corrected chi connectivity index (χ0v) is 16.0. The molecule has 29 heavy (non-hydrogen) atoms. The van der Waals surface area contributed by atoms with Crippen molar-refractivity contribution >= 4 is 39.9 Å². The van der Waals surface area contributed by atoms with E-state index in [4.69, 9.17) is 17.3 Å². The van der Waals surface area contributed by atoms with Gasteiger partial charge >= 0.3 is 0 Å². The molecular formula is C20H16ClN7O. The quantitative estimate of drug-likeness (QED) is 0.453. The molecule has 3 aromatic heterocycles. The Morgan fingerprint density at radius 2 is 2.17 bits per heavy atom. The molecule has 0 radical (unpaired) electrons. The Morgan fingerprint density at radius 1 is 1.34 bits per heavy atom. The first-order valence-electron chi connectivity index (χ1n) is 9.09. The lowest BCUT2D eigenvalue weighted by Crippen LogP contribution is -2.37. The number of H-pyrrole nitrogens is 1. The third kappa shape index (κ3) is 3.15. The second-order valence-corrected chi connectivity index (χ2v) is 7.51. The number of fused-ring (bicyclic) bond motifs is 2. The van der Waals surface area contributed by atoms with E-state index in [0.29, 0.717) is 34.3 Å². The highest BCUT2D eigenvalue weighted by Crippen LogP contribution is 2.38. The first-order chi connectivity index (χ1) is 14.0. The van der Waals surface area contributed by atoms with Crippen LogP contribution in [-0.2, 0) is 0 Å². The fourth-order valence-electron chi connectivity index (χ4n) is 3.18. The van der Waals surface area contributed by atoms with Crippen molar-refractivity contribution in [1.29, 1.82) is 0 Å². The molecule has 1 aromatic carbocycles. The third-order valence-corrected chi connectivity index (χ3v) is 5.30. The highest BCUT2D eigenvalue weighted by Gasteiger charge is 2.43. The lowest BCUT2D eigenvalue weighted by Gasteiger charge is -2.12. The lowest BCUT2D eigenvalue weighted by molar-refractivity contribution is 0.0923. The molecule has 3 heterocycles. The van der Waals surface area contributed by atoms with E-state index in [1.54, 1.807) is 10.7 Å².